The van der Waals surface area contributed by atoms with Gasteiger partial charge >= 0.3 is 0 Å². The number of aromatic nitrogens is 2. The Balaban J connectivity index is 2.13. The number of halogens is 1. The molecule has 0 fully saturated rings. The van der Waals surface area contributed by atoms with Crippen LogP contribution < -0.4 is 5.32 Å². The van der Waals surface area contributed by atoms with E-state index in [1.807, 2.05) is 18.7 Å². The van der Waals surface area contributed by atoms with Gasteiger partial charge in [-0.15, -0.1) is 0 Å². The molecule has 4 heteroatoms. The van der Waals surface area contributed by atoms with Gasteiger partial charge in [-0.3, -0.25) is 4.68 Å². The molecular formula is C16H22BrN3. The van der Waals surface area contributed by atoms with Gasteiger partial charge in [-0.05, 0) is 41.4 Å². The SMILES string of the molecule is CCNC(Cc1ccccc1)Cc1c(Br)c(C)nn1C. The normalized spacial score (nSPS) is 12.6. The molecule has 0 bridgehead atoms. The van der Waals surface area contributed by atoms with E-state index in [4.69, 9.17) is 0 Å². The predicted molar refractivity (Wildman–Crippen MR) is 87.0 cm³/mol. The summed E-state index contributed by atoms with van der Waals surface area (Å²) < 4.78 is 3.12. The van der Waals surface area contributed by atoms with Gasteiger partial charge in [-0.25, -0.2) is 0 Å². The molecule has 0 radical (unpaired) electrons. The van der Waals surface area contributed by atoms with Crippen LogP contribution >= 0.6 is 15.9 Å². The van der Waals surface area contributed by atoms with Crippen LogP contribution in [0.3, 0.4) is 0 Å². The zero-order valence-electron chi connectivity index (χ0n) is 12.4. The maximum atomic E-state index is 4.47. The molecule has 1 heterocycles. The minimum absolute atomic E-state index is 0.425. The van der Waals surface area contributed by atoms with E-state index in [9.17, 15) is 0 Å². The molecule has 0 saturated heterocycles. The molecule has 0 aliphatic carbocycles. The molecule has 1 N–H and O–H groups in total. The quantitative estimate of drug-likeness (QED) is 0.878. The molecule has 0 saturated carbocycles. The summed E-state index contributed by atoms with van der Waals surface area (Å²) in [5.74, 6) is 0. The summed E-state index contributed by atoms with van der Waals surface area (Å²) in [6, 6.07) is 11.1. The summed E-state index contributed by atoms with van der Waals surface area (Å²) in [4.78, 5) is 0. The topological polar surface area (TPSA) is 29.9 Å². The first-order chi connectivity index (χ1) is 9.61. The Hall–Kier alpha value is -1.13. The number of likely N-dealkylation sites (N-methyl/N-ethyl adjacent to an activating group) is 1. The average molecular weight is 336 g/mol. The Morgan fingerprint density at radius 2 is 1.95 bits per heavy atom. The molecule has 2 rings (SSSR count). The number of aryl methyl sites for hydroxylation is 2. The number of nitrogens with zero attached hydrogens (tertiary/aromatic N) is 2. The van der Waals surface area contributed by atoms with E-state index in [-0.39, 0.29) is 0 Å². The molecule has 1 unspecified atom stereocenters. The lowest BCUT2D eigenvalue weighted by Gasteiger charge is -2.18. The minimum atomic E-state index is 0.425. The van der Waals surface area contributed by atoms with Crippen molar-refractivity contribution in [2.24, 2.45) is 7.05 Å². The fraction of sp³-hybridized carbons (Fsp3) is 0.438. The molecule has 0 spiro atoms. The van der Waals surface area contributed by atoms with Crippen LogP contribution in [0.25, 0.3) is 0 Å². The lowest BCUT2D eigenvalue weighted by molar-refractivity contribution is 0.504. The van der Waals surface area contributed by atoms with Crippen molar-refractivity contribution in [3.8, 4) is 0 Å². The Morgan fingerprint density at radius 1 is 1.25 bits per heavy atom. The Morgan fingerprint density at radius 3 is 2.50 bits per heavy atom. The molecule has 0 aliphatic rings. The van der Waals surface area contributed by atoms with Crippen LogP contribution in [-0.2, 0) is 19.9 Å². The highest BCUT2D eigenvalue weighted by Crippen LogP contribution is 2.22. The van der Waals surface area contributed by atoms with Crippen LogP contribution in [0.15, 0.2) is 34.8 Å². The van der Waals surface area contributed by atoms with Gasteiger partial charge in [0.05, 0.1) is 15.9 Å². The van der Waals surface area contributed by atoms with Crippen molar-refractivity contribution < 1.29 is 0 Å². The Bertz CT molecular complexity index is 548. The molecular weight excluding hydrogens is 314 g/mol. The monoisotopic (exact) mass is 335 g/mol. The van der Waals surface area contributed by atoms with Crippen molar-refractivity contribution >= 4 is 15.9 Å². The highest BCUT2D eigenvalue weighted by molar-refractivity contribution is 9.10. The number of hydrogen-bond acceptors (Lipinski definition) is 2. The molecule has 3 nitrogen and oxygen atoms in total. The first kappa shape index (κ1) is 15.3. The largest absolute Gasteiger partial charge is 0.314 e. The number of rotatable bonds is 6. The Labute approximate surface area is 129 Å². The van der Waals surface area contributed by atoms with E-state index >= 15 is 0 Å². The molecule has 108 valence electrons. The smallest absolute Gasteiger partial charge is 0.0738 e. The zero-order valence-corrected chi connectivity index (χ0v) is 13.9. The van der Waals surface area contributed by atoms with Gasteiger partial charge in [-0.2, -0.15) is 5.10 Å². The third-order valence-electron chi connectivity index (χ3n) is 3.52. The van der Waals surface area contributed by atoms with E-state index < -0.39 is 0 Å². The maximum absolute atomic E-state index is 4.47. The van der Waals surface area contributed by atoms with E-state index in [1.54, 1.807) is 0 Å². The summed E-state index contributed by atoms with van der Waals surface area (Å²) in [5, 5.41) is 8.05. The van der Waals surface area contributed by atoms with Gasteiger partial charge in [0, 0.05) is 19.5 Å². The highest BCUT2D eigenvalue weighted by atomic mass is 79.9. The van der Waals surface area contributed by atoms with Crippen LogP contribution in [0, 0.1) is 6.92 Å². The molecule has 1 aromatic carbocycles. The van der Waals surface area contributed by atoms with Crippen LogP contribution in [-0.4, -0.2) is 22.4 Å². The molecule has 20 heavy (non-hydrogen) atoms. The summed E-state index contributed by atoms with van der Waals surface area (Å²) in [5.41, 5.74) is 3.68. The van der Waals surface area contributed by atoms with Gasteiger partial charge < -0.3 is 5.32 Å². The minimum Gasteiger partial charge on any atom is -0.314 e. The summed E-state index contributed by atoms with van der Waals surface area (Å²) in [6.07, 6.45) is 2.01. The molecule has 1 atom stereocenters. The van der Waals surface area contributed by atoms with E-state index in [0.717, 1.165) is 29.6 Å². The first-order valence-electron chi connectivity index (χ1n) is 7.07. The highest BCUT2D eigenvalue weighted by Gasteiger charge is 2.16. The van der Waals surface area contributed by atoms with Crippen LogP contribution in [0.1, 0.15) is 23.9 Å². The number of nitrogens with one attached hydrogen (secondary N) is 1. The van der Waals surface area contributed by atoms with Gasteiger partial charge in [0.25, 0.3) is 0 Å². The van der Waals surface area contributed by atoms with Crippen molar-refractivity contribution in [2.45, 2.75) is 32.7 Å². The van der Waals surface area contributed by atoms with Crippen molar-refractivity contribution in [1.82, 2.24) is 15.1 Å². The van der Waals surface area contributed by atoms with E-state index in [2.05, 4.69) is 63.6 Å². The first-order valence-corrected chi connectivity index (χ1v) is 7.86. The lowest BCUT2D eigenvalue weighted by atomic mass is 10.0. The summed E-state index contributed by atoms with van der Waals surface area (Å²) in [6.45, 7) is 5.17. The van der Waals surface area contributed by atoms with Crippen molar-refractivity contribution in [3.63, 3.8) is 0 Å². The molecule has 0 aliphatic heterocycles. The standard InChI is InChI=1S/C16H22BrN3/c1-4-18-14(10-13-8-6-5-7-9-13)11-15-16(17)12(2)19-20(15)3/h5-9,14,18H,4,10-11H2,1-3H3. The average Bonchev–Trinajstić information content (AvgIpc) is 2.67. The van der Waals surface area contributed by atoms with Crippen molar-refractivity contribution in [1.29, 1.82) is 0 Å². The third kappa shape index (κ3) is 3.70. The lowest BCUT2D eigenvalue weighted by Crippen LogP contribution is -2.33. The number of hydrogen-bond donors (Lipinski definition) is 1. The van der Waals surface area contributed by atoms with Gasteiger partial charge in [0.15, 0.2) is 0 Å². The van der Waals surface area contributed by atoms with Crippen molar-refractivity contribution in [2.75, 3.05) is 6.54 Å². The Kier molecular flexibility index (Phi) is 5.38. The second kappa shape index (κ2) is 7.04. The third-order valence-corrected chi connectivity index (χ3v) is 4.55. The van der Waals surface area contributed by atoms with Gasteiger partial charge in [0.2, 0.25) is 0 Å². The van der Waals surface area contributed by atoms with Crippen LogP contribution in [0.4, 0.5) is 0 Å². The summed E-state index contributed by atoms with van der Waals surface area (Å²) in [7, 11) is 2.01. The van der Waals surface area contributed by atoms with Gasteiger partial charge in [0.1, 0.15) is 0 Å². The summed E-state index contributed by atoms with van der Waals surface area (Å²) >= 11 is 3.65. The fourth-order valence-corrected chi connectivity index (χ4v) is 3.04. The zero-order chi connectivity index (χ0) is 14.5. The van der Waals surface area contributed by atoms with Crippen LogP contribution in [0.5, 0.6) is 0 Å². The van der Waals surface area contributed by atoms with Gasteiger partial charge in [-0.1, -0.05) is 37.3 Å². The molecule has 1 aromatic heterocycles. The van der Waals surface area contributed by atoms with E-state index in [0.29, 0.717) is 6.04 Å². The molecule has 2 aromatic rings. The van der Waals surface area contributed by atoms with Crippen LogP contribution in [0.2, 0.25) is 0 Å². The number of benzene rings is 1. The second-order valence-corrected chi connectivity index (χ2v) is 5.91. The second-order valence-electron chi connectivity index (χ2n) is 5.12. The van der Waals surface area contributed by atoms with E-state index in [1.165, 1.54) is 11.3 Å². The predicted octanol–water partition coefficient (Wildman–Crippen LogP) is 3.25. The van der Waals surface area contributed by atoms with Crippen molar-refractivity contribution in [3.05, 3.63) is 51.8 Å². The fourth-order valence-electron chi connectivity index (χ4n) is 2.54. The molecule has 0 amide bonds. The maximum Gasteiger partial charge on any atom is 0.0738 e.